The Hall–Kier alpha value is -0.410. The maximum absolute atomic E-state index is 9.53. The fourth-order valence-electron chi connectivity index (χ4n) is 1.01. The molecule has 0 aliphatic heterocycles. The van der Waals surface area contributed by atoms with Crippen LogP contribution < -0.4 is 0 Å². The van der Waals surface area contributed by atoms with Gasteiger partial charge in [0.05, 0.1) is 11.8 Å². The molecule has 0 saturated heterocycles. The van der Waals surface area contributed by atoms with E-state index in [1.54, 1.807) is 6.20 Å². The average molecular weight is 230 g/mol. The Morgan fingerprint density at radius 1 is 1.58 bits per heavy atom. The van der Waals surface area contributed by atoms with Gasteiger partial charge in [0.2, 0.25) is 0 Å². The number of nitrogens with zero attached hydrogens (tertiary/aromatic N) is 1. The zero-order valence-electron chi connectivity index (χ0n) is 7.00. The van der Waals surface area contributed by atoms with E-state index in [1.165, 1.54) is 0 Å². The summed E-state index contributed by atoms with van der Waals surface area (Å²) in [4.78, 5) is 4.10. The summed E-state index contributed by atoms with van der Waals surface area (Å²) in [6.45, 7) is 2.04. The summed E-state index contributed by atoms with van der Waals surface area (Å²) in [7, 11) is 0. The molecule has 1 aromatic heterocycles. The van der Waals surface area contributed by atoms with Crippen molar-refractivity contribution >= 4 is 15.9 Å². The predicted molar refractivity (Wildman–Crippen MR) is 51.8 cm³/mol. The highest BCUT2D eigenvalue weighted by Gasteiger charge is 2.06. The lowest BCUT2D eigenvalue weighted by Crippen LogP contribution is -1.98. The van der Waals surface area contributed by atoms with Crippen LogP contribution in [0.5, 0.6) is 0 Å². The molecule has 0 spiro atoms. The molecule has 3 heteroatoms. The molecular formula is C9H12BrNO. The van der Waals surface area contributed by atoms with Crippen molar-refractivity contribution in [2.45, 2.75) is 25.9 Å². The minimum atomic E-state index is -0.414. The second-order valence-electron chi connectivity index (χ2n) is 2.71. The monoisotopic (exact) mass is 229 g/mol. The van der Waals surface area contributed by atoms with Crippen molar-refractivity contribution in [1.29, 1.82) is 0 Å². The van der Waals surface area contributed by atoms with E-state index < -0.39 is 6.10 Å². The Labute approximate surface area is 80.8 Å². The molecule has 66 valence electrons. The number of aliphatic hydroxyl groups excluding tert-OH is 1. The van der Waals surface area contributed by atoms with Gasteiger partial charge >= 0.3 is 0 Å². The van der Waals surface area contributed by atoms with Gasteiger partial charge in [0.1, 0.15) is 0 Å². The van der Waals surface area contributed by atoms with Crippen LogP contribution in [0.3, 0.4) is 0 Å². The first-order valence-electron chi connectivity index (χ1n) is 4.03. The minimum absolute atomic E-state index is 0.414. The van der Waals surface area contributed by atoms with Gasteiger partial charge in [0.15, 0.2) is 0 Å². The van der Waals surface area contributed by atoms with Crippen LogP contribution in [0.25, 0.3) is 0 Å². The van der Waals surface area contributed by atoms with Crippen molar-refractivity contribution in [3.63, 3.8) is 0 Å². The van der Waals surface area contributed by atoms with Crippen LogP contribution >= 0.6 is 15.9 Å². The van der Waals surface area contributed by atoms with Crippen LogP contribution in [-0.4, -0.2) is 10.1 Å². The van der Waals surface area contributed by atoms with Gasteiger partial charge < -0.3 is 5.11 Å². The summed E-state index contributed by atoms with van der Waals surface area (Å²) in [6.07, 6.45) is 3.03. The Morgan fingerprint density at radius 2 is 2.33 bits per heavy atom. The summed E-state index contributed by atoms with van der Waals surface area (Å²) < 4.78 is 0.940. The summed E-state index contributed by atoms with van der Waals surface area (Å²) in [5.74, 6) is 0. The topological polar surface area (TPSA) is 33.1 Å². The Balaban J connectivity index is 2.68. The smallest absolute Gasteiger partial charge is 0.0959 e. The van der Waals surface area contributed by atoms with E-state index in [9.17, 15) is 5.11 Å². The predicted octanol–water partition coefficient (Wildman–Crippen LogP) is 2.68. The van der Waals surface area contributed by atoms with Gasteiger partial charge in [-0.15, -0.1) is 0 Å². The van der Waals surface area contributed by atoms with E-state index in [2.05, 4.69) is 20.9 Å². The summed E-state index contributed by atoms with van der Waals surface area (Å²) in [5, 5.41) is 9.53. The van der Waals surface area contributed by atoms with E-state index in [0.717, 1.165) is 23.0 Å². The molecule has 1 rings (SSSR count). The quantitative estimate of drug-likeness (QED) is 0.865. The van der Waals surface area contributed by atoms with E-state index in [4.69, 9.17) is 0 Å². The molecular weight excluding hydrogens is 218 g/mol. The van der Waals surface area contributed by atoms with Gasteiger partial charge in [-0.05, 0) is 34.5 Å². The molecule has 1 N–H and O–H groups in total. The van der Waals surface area contributed by atoms with Crippen molar-refractivity contribution in [2.75, 3.05) is 0 Å². The fourth-order valence-corrected chi connectivity index (χ4v) is 1.24. The lowest BCUT2D eigenvalue weighted by molar-refractivity contribution is 0.162. The largest absolute Gasteiger partial charge is 0.387 e. The Kier molecular flexibility index (Phi) is 3.69. The molecule has 0 bridgehead atoms. The van der Waals surface area contributed by atoms with Crippen molar-refractivity contribution in [3.05, 3.63) is 28.5 Å². The van der Waals surface area contributed by atoms with Gasteiger partial charge in [0.25, 0.3) is 0 Å². The molecule has 0 fully saturated rings. The lowest BCUT2D eigenvalue weighted by atomic mass is 10.1. The zero-order chi connectivity index (χ0) is 8.97. The van der Waals surface area contributed by atoms with E-state index in [-0.39, 0.29) is 0 Å². The standard InChI is InChI=1S/C9H12BrNO/c1-2-3-9(12)8-5-4-7(10)6-11-8/h4-6,9,12H,2-3H2,1H3. The van der Waals surface area contributed by atoms with Crippen LogP contribution in [0.1, 0.15) is 31.6 Å². The van der Waals surface area contributed by atoms with Gasteiger partial charge in [-0.2, -0.15) is 0 Å². The number of aliphatic hydroxyl groups is 1. The van der Waals surface area contributed by atoms with Crippen LogP contribution in [0.15, 0.2) is 22.8 Å². The third kappa shape index (κ3) is 2.57. The van der Waals surface area contributed by atoms with Crippen LogP contribution in [0, 0.1) is 0 Å². The zero-order valence-corrected chi connectivity index (χ0v) is 8.58. The number of pyridine rings is 1. The molecule has 1 heterocycles. The third-order valence-electron chi connectivity index (χ3n) is 1.65. The van der Waals surface area contributed by atoms with Gasteiger partial charge in [-0.1, -0.05) is 13.3 Å². The SMILES string of the molecule is CCCC(O)c1ccc(Br)cn1. The highest BCUT2D eigenvalue weighted by molar-refractivity contribution is 9.10. The minimum Gasteiger partial charge on any atom is -0.387 e. The van der Waals surface area contributed by atoms with E-state index >= 15 is 0 Å². The van der Waals surface area contributed by atoms with Crippen molar-refractivity contribution in [1.82, 2.24) is 4.98 Å². The number of aromatic nitrogens is 1. The number of rotatable bonds is 3. The highest BCUT2D eigenvalue weighted by atomic mass is 79.9. The molecule has 1 aromatic rings. The molecule has 12 heavy (non-hydrogen) atoms. The first kappa shape index (κ1) is 9.68. The maximum Gasteiger partial charge on any atom is 0.0959 e. The second-order valence-corrected chi connectivity index (χ2v) is 3.62. The van der Waals surface area contributed by atoms with Crippen LogP contribution in [0.4, 0.5) is 0 Å². The van der Waals surface area contributed by atoms with Gasteiger partial charge in [0, 0.05) is 10.7 Å². The number of hydrogen-bond donors (Lipinski definition) is 1. The van der Waals surface area contributed by atoms with Crippen molar-refractivity contribution in [3.8, 4) is 0 Å². The van der Waals surface area contributed by atoms with Gasteiger partial charge in [-0.3, -0.25) is 4.98 Å². The van der Waals surface area contributed by atoms with Crippen molar-refractivity contribution in [2.24, 2.45) is 0 Å². The van der Waals surface area contributed by atoms with Gasteiger partial charge in [-0.25, -0.2) is 0 Å². The normalized spacial score (nSPS) is 12.9. The molecule has 0 aromatic carbocycles. The third-order valence-corrected chi connectivity index (χ3v) is 2.12. The summed E-state index contributed by atoms with van der Waals surface area (Å²) >= 11 is 3.29. The first-order chi connectivity index (χ1) is 5.74. The molecule has 0 saturated carbocycles. The highest BCUT2D eigenvalue weighted by Crippen LogP contribution is 2.17. The molecule has 1 unspecified atom stereocenters. The molecule has 0 aliphatic rings. The second kappa shape index (κ2) is 4.58. The van der Waals surface area contributed by atoms with E-state index in [0.29, 0.717) is 0 Å². The summed E-state index contributed by atoms with van der Waals surface area (Å²) in [6, 6.07) is 3.73. The van der Waals surface area contributed by atoms with E-state index in [1.807, 2.05) is 19.1 Å². The Bertz CT molecular complexity index is 235. The molecule has 0 amide bonds. The fraction of sp³-hybridized carbons (Fsp3) is 0.444. The number of halogens is 1. The van der Waals surface area contributed by atoms with Crippen LogP contribution in [0.2, 0.25) is 0 Å². The lowest BCUT2D eigenvalue weighted by Gasteiger charge is -2.07. The Morgan fingerprint density at radius 3 is 2.83 bits per heavy atom. The van der Waals surface area contributed by atoms with Crippen molar-refractivity contribution < 1.29 is 5.11 Å². The maximum atomic E-state index is 9.53. The average Bonchev–Trinajstić information content (AvgIpc) is 2.06. The molecule has 2 nitrogen and oxygen atoms in total. The first-order valence-corrected chi connectivity index (χ1v) is 4.83. The molecule has 0 radical (unpaired) electrons. The number of hydrogen-bond acceptors (Lipinski definition) is 2. The van der Waals surface area contributed by atoms with Crippen LogP contribution in [-0.2, 0) is 0 Å². The molecule has 0 aliphatic carbocycles. The molecule has 1 atom stereocenters. The summed E-state index contributed by atoms with van der Waals surface area (Å²) in [5.41, 5.74) is 0.750.